The van der Waals surface area contributed by atoms with Crippen molar-refractivity contribution in [3.63, 3.8) is 0 Å². The van der Waals surface area contributed by atoms with Crippen molar-refractivity contribution in [2.24, 2.45) is 0 Å². The molecule has 0 heterocycles. The second-order valence-electron chi connectivity index (χ2n) is 14.3. The van der Waals surface area contributed by atoms with Crippen LogP contribution in [-0.2, 0) is 52.7 Å². The van der Waals surface area contributed by atoms with Crippen molar-refractivity contribution in [1.82, 2.24) is 9.62 Å². The number of alkyl carbamates (subject to hydrolysis) is 1. The van der Waals surface area contributed by atoms with Crippen molar-refractivity contribution in [3.8, 4) is 5.75 Å². The topological polar surface area (TPSA) is 150 Å². The number of methoxy groups -OCH3 is 1. The number of nitrogens with one attached hydrogen (secondary N) is 1. The fourth-order valence-electron chi connectivity index (χ4n) is 5.16. The van der Waals surface area contributed by atoms with Gasteiger partial charge in [-0.05, 0) is 75.6 Å². The molecule has 4 aromatic rings. The monoisotopic (exact) mass is 794 g/mol. The van der Waals surface area contributed by atoms with Gasteiger partial charge in [0.05, 0.1) is 43.1 Å². The molecule has 0 aliphatic carbocycles. The maximum Gasteiger partial charge on any atom is 0.412 e. The lowest BCUT2D eigenvalue weighted by Gasteiger charge is -2.33. The Bertz CT molecular complexity index is 1960. The zero-order chi connectivity index (χ0) is 40.1. The third-order valence-electron chi connectivity index (χ3n) is 7.96. The predicted octanol–water partition coefficient (Wildman–Crippen LogP) is 8.60. The predicted molar refractivity (Wildman–Crippen MR) is 211 cm³/mol. The molecule has 0 bridgehead atoms. The molecule has 4 rings (SSSR count). The number of benzene rings is 4. The molecule has 0 atom stereocenters. The van der Waals surface area contributed by atoms with Crippen LogP contribution in [0.5, 0.6) is 5.75 Å². The first-order valence-electron chi connectivity index (χ1n) is 17.7. The van der Waals surface area contributed by atoms with Gasteiger partial charge < -0.3 is 28.4 Å². The second kappa shape index (κ2) is 19.4. The van der Waals surface area contributed by atoms with Crippen LogP contribution in [0.25, 0.3) is 0 Å². The Morgan fingerprint density at radius 2 is 1.25 bits per heavy atom. The number of nitrogens with zero attached hydrogens (tertiary/aromatic N) is 1. The van der Waals surface area contributed by atoms with E-state index in [1.807, 2.05) is 91.0 Å². The number of hydrogen-bond donors (Lipinski definition) is 2. The van der Waals surface area contributed by atoms with Gasteiger partial charge in [0.1, 0.15) is 23.5 Å². The summed E-state index contributed by atoms with van der Waals surface area (Å²) < 4.78 is 72.6. The van der Waals surface area contributed by atoms with Crippen LogP contribution in [0.4, 0.5) is 4.79 Å². The molecule has 0 aromatic heterocycles. The molecule has 2 N–H and O–H groups in total. The Kier molecular flexibility index (Phi) is 15.2. The van der Waals surface area contributed by atoms with Crippen LogP contribution in [0.15, 0.2) is 132 Å². The Hall–Kier alpha value is -4.49. The summed E-state index contributed by atoms with van der Waals surface area (Å²) in [7, 11) is -6.81. The van der Waals surface area contributed by atoms with Gasteiger partial charge in [0.15, 0.2) is 0 Å². The SMILES string of the molecule is COc1ccc(S(=O)(=O)N(C/C(O)=C(\Cc2ccccc2)NC(=O)OC(C)(C)C)CC(C)(C)OCP(=O)(OCc2ccccc2)OCc2ccccc2)cc1. The van der Waals surface area contributed by atoms with E-state index in [0.717, 1.165) is 21.0 Å². The lowest BCUT2D eigenvalue weighted by molar-refractivity contribution is -0.0150. The van der Waals surface area contributed by atoms with Crippen molar-refractivity contribution in [1.29, 1.82) is 0 Å². The fourth-order valence-corrected chi connectivity index (χ4v) is 8.13. The second-order valence-corrected chi connectivity index (χ2v) is 18.3. The average molecular weight is 795 g/mol. The number of hydrogen-bond acceptors (Lipinski definition) is 10. The summed E-state index contributed by atoms with van der Waals surface area (Å²) in [6.45, 7) is 7.47. The molecule has 55 heavy (non-hydrogen) atoms. The van der Waals surface area contributed by atoms with E-state index in [1.54, 1.807) is 34.6 Å². The number of sulfonamides is 1. The van der Waals surface area contributed by atoms with Crippen LogP contribution in [0.3, 0.4) is 0 Å². The zero-order valence-electron chi connectivity index (χ0n) is 32.1. The van der Waals surface area contributed by atoms with Crippen LogP contribution in [0, 0.1) is 0 Å². The lowest BCUT2D eigenvalue weighted by Crippen LogP contribution is -2.45. The summed E-state index contributed by atoms with van der Waals surface area (Å²) in [6.07, 6.45) is -1.26. The third-order valence-corrected chi connectivity index (χ3v) is 11.3. The number of allylic oxidation sites excluding steroid dienone is 1. The van der Waals surface area contributed by atoms with Crippen LogP contribution in [0.1, 0.15) is 51.3 Å². The number of rotatable bonds is 19. The van der Waals surface area contributed by atoms with E-state index in [2.05, 4.69) is 5.32 Å². The molecule has 0 aliphatic rings. The quantitative estimate of drug-likeness (QED) is 0.0698. The highest BCUT2D eigenvalue weighted by Crippen LogP contribution is 2.50. The molecule has 0 spiro atoms. The van der Waals surface area contributed by atoms with E-state index in [1.165, 1.54) is 31.4 Å². The number of aliphatic hydroxyl groups is 1. The number of amides is 1. The molecule has 0 unspecified atom stereocenters. The molecule has 0 fully saturated rings. The van der Waals surface area contributed by atoms with E-state index >= 15 is 0 Å². The molecule has 0 radical (unpaired) electrons. The number of carbonyl (C=O) groups is 1. The number of ether oxygens (including phenoxy) is 3. The van der Waals surface area contributed by atoms with Gasteiger partial charge in [0.25, 0.3) is 0 Å². The molecule has 296 valence electrons. The van der Waals surface area contributed by atoms with Gasteiger partial charge in [-0.2, -0.15) is 4.31 Å². The molecule has 0 saturated heterocycles. The highest BCUT2D eigenvalue weighted by Gasteiger charge is 2.36. The first kappa shape index (κ1) is 43.2. The third kappa shape index (κ3) is 14.3. The molecule has 0 aliphatic heterocycles. The molecule has 4 aromatic carbocycles. The van der Waals surface area contributed by atoms with E-state index in [4.69, 9.17) is 23.3 Å². The average Bonchev–Trinajstić information content (AvgIpc) is 3.15. The highest BCUT2D eigenvalue weighted by molar-refractivity contribution is 7.89. The Morgan fingerprint density at radius 3 is 1.73 bits per heavy atom. The lowest BCUT2D eigenvalue weighted by atomic mass is 10.1. The molecule has 14 heteroatoms. The van der Waals surface area contributed by atoms with Crippen LogP contribution in [-0.4, -0.2) is 61.7 Å². The summed E-state index contributed by atoms with van der Waals surface area (Å²) >= 11 is 0. The van der Waals surface area contributed by atoms with Crippen molar-refractivity contribution < 1.29 is 46.1 Å². The summed E-state index contributed by atoms with van der Waals surface area (Å²) in [6, 6.07) is 33.3. The van der Waals surface area contributed by atoms with E-state index < -0.39 is 53.6 Å². The van der Waals surface area contributed by atoms with Gasteiger partial charge in [0.2, 0.25) is 10.0 Å². The molecule has 1 amide bonds. The van der Waals surface area contributed by atoms with Crippen molar-refractivity contribution in [3.05, 3.63) is 143 Å². The zero-order valence-corrected chi connectivity index (χ0v) is 33.8. The maximum absolute atomic E-state index is 14.3. The molecule has 0 saturated carbocycles. The van der Waals surface area contributed by atoms with Gasteiger partial charge in [0, 0.05) is 13.0 Å². The first-order valence-corrected chi connectivity index (χ1v) is 20.8. The molecular formula is C41H51N2O10PS. The fraction of sp³-hybridized carbons (Fsp3) is 0.341. The standard InChI is InChI=1S/C41H51N2O10PS/c1-40(2,3)53-39(45)42-37(26-32-16-10-7-11-17-32)38(44)27-43(55(47,48)36-24-22-35(49-6)23-25-36)30-41(4,5)50-31-54(46,51-28-33-18-12-8-13-19-33)52-29-34-20-14-9-15-21-34/h7-25,44H,26-31H2,1-6H3,(H,42,45)/b38-37-. The van der Waals surface area contributed by atoms with Crippen LogP contribution in [0.2, 0.25) is 0 Å². The van der Waals surface area contributed by atoms with Crippen molar-refractivity contribution in [2.45, 2.75) is 70.4 Å². The van der Waals surface area contributed by atoms with E-state index in [-0.39, 0.29) is 36.8 Å². The maximum atomic E-state index is 14.3. The summed E-state index contributed by atoms with van der Waals surface area (Å²) in [5.74, 6) is 0.0241. The number of carbonyl (C=O) groups excluding carboxylic acids is 1. The van der Waals surface area contributed by atoms with Gasteiger partial charge in [-0.25, -0.2) is 13.2 Å². The van der Waals surface area contributed by atoms with Crippen LogP contribution >= 0.6 is 7.60 Å². The highest BCUT2D eigenvalue weighted by atomic mass is 32.2. The van der Waals surface area contributed by atoms with Crippen LogP contribution < -0.4 is 10.1 Å². The summed E-state index contributed by atoms with van der Waals surface area (Å²) in [5, 5.41) is 14.3. The van der Waals surface area contributed by atoms with Gasteiger partial charge in [-0.3, -0.25) is 9.88 Å². The van der Waals surface area contributed by atoms with Gasteiger partial charge in [-0.1, -0.05) is 91.0 Å². The van der Waals surface area contributed by atoms with E-state index in [9.17, 15) is 22.9 Å². The molecule has 12 nitrogen and oxygen atoms in total. The Morgan fingerprint density at radius 1 is 0.764 bits per heavy atom. The van der Waals surface area contributed by atoms with Gasteiger partial charge in [-0.15, -0.1) is 0 Å². The van der Waals surface area contributed by atoms with Gasteiger partial charge >= 0.3 is 13.7 Å². The van der Waals surface area contributed by atoms with Crippen molar-refractivity contribution in [2.75, 3.05) is 26.5 Å². The summed E-state index contributed by atoms with van der Waals surface area (Å²) in [4.78, 5) is 12.9. The Balaban J connectivity index is 1.65. The minimum absolute atomic E-state index is 0.0117. The first-order chi connectivity index (χ1) is 26.0. The molecular weight excluding hydrogens is 743 g/mol. The minimum atomic E-state index is -4.34. The largest absolute Gasteiger partial charge is 0.509 e. The van der Waals surface area contributed by atoms with E-state index in [0.29, 0.717) is 5.75 Å². The number of aliphatic hydroxyl groups excluding tert-OH is 1. The minimum Gasteiger partial charge on any atom is -0.509 e. The normalized spacial score (nSPS) is 12.9. The Labute approximate surface area is 324 Å². The summed E-state index contributed by atoms with van der Waals surface area (Å²) in [5.41, 5.74) is 0.181. The smallest absolute Gasteiger partial charge is 0.412 e. The van der Waals surface area contributed by atoms with Crippen molar-refractivity contribution >= 4 is 23.7 Å².